The quantitative estimate of drug-likeness (QED) is 0.316. The minimum Gasteiger partial charge on any atom is -0.395 e. The van der Waals surface area contributed by atoms with Crippen LogP contribution in [0.5, 0.6) is 0 Å². The fourth-order valence-corrected chi connectivity index (χ4v) is 0.351. The predicted octanol–water partition coefficient (Wildman–Crippen LogP) is 0.570. The lowest BCUT2D eigenvalue weighted by Crippen LogP contribution is -2.16. The Kier molecular flexibility index (Phi) is 5.21. The smallest absolute Gasteiger partial charge is 0.129 e. The molecule has 0 aromatic heterocycles. The summed E-state index contributed by atoms with van der Waals surface area (Å²) in [5.41, 5.74) is 0. The maximum Gasteiger partial charge on any atom is 0.129 e. The molecule has 0 saturated carbocycles. The highest BCUT2D eigenvalue weighted by Gasteiger charge is 1.86. The second-order valence-corrected chi connectivity index (χ2v) is 2.00. The number of nitrogens with zero attached hydrogens (tertiary/aromatic N) is 2. The number of hydrogen-bond donors (Lipinski definition) is 0. The van der Waals surface area contributed by atoms with Crippen molar-refractivity contribution in [3.8, 4) is 0 Å². The Morgan fingerprint density at radius 1 is 1.56 bits per heavy atom. The predicted molar refractivity (Wildman–Crippen MR) is 38.7 cm³/mol. The van der Waals surface area contributed by atoms with Crippen molar-refractivity contribution in [3.63, 3.8) is 0 Å². The van der Waals surface area contributed by atoms with Crippen molar-refractivity contribution >= 4 is 6.21 Å². The molecule has 9 heavy (non-hydrogen) atoms. The zero-order chi connectivity index (χ0) is 7.11. The lowest BCUT2D eigenvalue weighted by Gasteiger charge is -2.06. The molecule has 0 fully saturated rings. The van der Waals surface area contributed by atoms with Crippen LogP contribution in [0.2, 0.25) is 0 Å². The molecule has 0 rings (SSSR count). The third kappa shape index (κ3) is 7.43. The summed E-state index contributed by atoms with van der Waals surface area (Å²) < 4.78 is 0. The molecule has 0 aromatic rings. The van der Waals surface area contributed by atoms with E-state index in [4.69, 9.17) is 4.84 Å². The molecule has 0 amide bonds. The van der Waals surface area contributed by atoms with Crippen molar-refractivity contribution in [2.45, 2.75) is 6.92 Å². The summed E-state index contributed by atoms with van der Waals surface area (Å²) in [5.74, 6) is 0. The Morgan fingerprint density at radius 3 is 2.67 bits per heavy atom. The Bertz CT molecular complexity index is 81.1. The molecule has 54 valence electrons. The molecule has 3 heteroatoms. The number of rotatable bonds is 4. The summed E-state index contributed by atoms with van der Waals surface area (Å²) in [4.78, 5) is 6.87. The largest absolute Gasteiger partial charge is 0.395 e. The average molecular weight is 130 g/mol. The van der Waals surface area contributed by atoms with Gasteiger partial charge in [0.1, 0.15) is 6.61 Å². The third-order valence-corrected chi connectivity index (χ3v) is 0.810. The molecule has 3 nitrogen and oxygen atoms in total. The summed E-state index contributed by atoms with van der Waals surface area (Å²) in [7, 11) is 4.00. The van der Waals surface area contributed by atoms with Crippen molar-refractivity contribution in [2.75, 3.05) is 27.2 Å². The highest BCUT2D eigenvalue weighted by Crippen LogP contribution is 1.77. The van der Waals surface area contributed by atoms with E-state index in [1.165, 1.54) is 0 Å². The molecular weight excluding hydrogens is 116 g/mol. The number of oxime groups is 1. The second kappa shape index (κ2) is 5.56. The summed E-state index contributed by atoms with van der Waals surface area (Å²) in [6.45, 7) is 3.41. The normalized spacial score (nSPS) is 11.1. The van der Waals surface area contributed by atoms with Crippen LogP contribution in [0.3, 0.4) is 0 Å². The first-order valence-electron chi connectivity index (χ1n) is 3.02. The van der Waals surface area contributed by atoms with Gasteiger partial charge in [0.15, 0.2) is 0 Å². The molecular formula is C6H14N2O. The molecule has 0 N–H and O–H groups in total. The Hall–Kier alpha value is -0.570. The van der Waals surface area contributed by atoms with Gasteiger partial charge >= 0.3 is 0 Å². The highest BCUT2D eigenvalue weighted by molar-refractivity contribution is 5.52. The monoisotopic (exact) mass is 130 g/mol. The first-order valence-corrected chi connectivity index (χ1v) is 3.02. The van der Waals surface area contributed by atoms with Gasteiger partial charge in [0, 0.05) is 12.8 Å². The molecule has 0 aliphatic heterocycles. The molecule has 0 radical (unpaired) electrons. The third-order valence-electron chi connectivity index (χ3n) is 0.810. The fraction of sp³-hybridized carbons (Fsp3) is 0.833. The van der Waals surface area contributed by atoms with Crippen molar-refractivity contribution in [1.82, 2.24) is 4.90 Å². The molecule has 0 bridgehead atoms. The van der Waals surface area contributed by atoms with E-state index in [1.54, 1.807) is 6.21 Å². The van der Waals surface area contributed by atoms with Crippen LogP contribution < -0.4 is 0 Å². The van der Waals surface area contributed by atoms with Gasteiger partial charge in [-0.25, -0.2) is 0 Å². The highest BCUT2D eigenvalue weighted by atomic mass is 16.6. The van der Waals surface area contributed by atoms with Crippen molar-refractivity contribution in [1.29, 1.82) is 0 Å². The SMILES string of the molecule is C/C=N/OCCN(C)C. The topological polar surface area (TPSA) is 24.8 Å². The van der Waals surface area contributed by atoms with Gasteiger partial charge in [0.05, 0.1) is 0 Å². The molecule has 0 heterocycles. The fourth-order valence-electron chi connectivity index (χ4n) is 0.351. The zero-order valence-electron chi connectivity index (χ0n) is 6.29. The summed E-state index contributed by atoms with van der Waals surface area (Å²) in [5, 5.41) is 3.59. The Labute approximate surface area is 56.3 Å². The van der Waals surface area contributed by atoms with Crippen molar-refractivity contribution in [3.05, 3.63) is 0 Å². The van der Waals surface area contributed by atoms with Crippen LogP contribution in [0.25, 0.3) is 0 Å². The van der Waals surface area contributed by atoms with Crippen molar-refractivity contribution in [2.24, 2.45) is 5.16 Å². The van der Waals surface area contributed by atoms with Gasteiger partial charge in [-0.2, -0.15) is 0 Å². The van der Waals surface area contributed by atoms with E-state index in [9.17, 15) is 0 Å². The van der Waals surface area contributed by atoms with Crippen LogP contribution in [0.15, 0.2) is 5.16 Å². The van der Waals surface area contributed by atoms with Crippen LogP contribution in [0.1, 0.15) is 6.92 Å². The Balaban J connectivity index is 2.91. The molecule has 0 unspecified atom stereocenters. The van der Waals surface area contributed by atoms with E-state index in [2.05, 4.69) is 5.16 Å². The van der Waals surface area contributed by atoms with Gasteiger partial charge in [0.2, 0.25) is 0 Å². The minimum absolute atomic E-state index is 0.664. The van der Waals surface area contributed by atoms with E-state index in [-0.39, 0.29) is 0 Å². The van der Waals surface area contributed by atoms with Crippen LogP contribution in [-0.2, 0) is 4.84 Å². The molecule has 0 aliphatic rings. The van der Waals surface area contributed by atoms with Crippen LogP contribution in [0, 0.1) is 0 Å². The summed E-state index contributed by atoms with van der Waals surface area (Å²) in [6, 6.07) is 0. The van der Waals surface area contributed by atoms with E-state index < -0.39 is 0 Å². The number of likely N-dealkylation sites (N-methyl/N-ethyl adjacent to an activating group) is 1. The van der Waals surface area contributed by atoms with Gasteiger partial charge in [-0.1, -0.05) is 5.16 Å². The van der Waals surface area contributed by atoms with Gasteiger partial charge in [0.25, 0.3) is 0 Å². The minimum atomic E-state index is 0.664. The van der Waals surface area contributed by atoms with Crippen LogP contribution in [0.4, 0.5) is 0 Å². The molecule has 0 atom stereocenters. The maximum absolute atomic E-state index is 4.82. The molecule has 0 aliphatic carbocycles. The standard InChI is InChI=1S/C6H14N2O/c1-4-7-9-6-5-8(2)3/h4H,5-6H2,1-3H3/b7-4+. The van der Waals surface area contributed by atoms with Gasteiger partial charge in [-0.15, -0.1) is 0 Å². The van der Waals surface area contributed by atoms with Crippen molar-refractivity contribution < 1.29 is 4.84 Å². The van der Waals surface area contributed by atoms with E-state index in [0.29, 0.717) is 6.61 Å². The first-order chi connectivity index (χ1) is 4.27. The Morgan fingerprint density at radius 2 is 2.22 bits per heavy atom. The van der Waals surface area contributed by atoms with Gasteiger partial charge in [-0.3, -0.25) is 0 Å². The summed E-state index contributed by atoms with van der Waals surface area (Å²) in [6.07, 6.45) is 1.63. The van der Waals surface area contributed by atoms with E-state index in [1.807, 2.05) is 25.9 Å². The van der Waals surface area contributed by atoms with Crippen LogP contribution in [-0.4, -0.2) is 38.4 Å². The van der Waals surface area contributed by atoms with Crippen LogP contribution >= 0.6 is 0 Å². The van der Waals surface area contributed by atoms with E-state index >= 15 is 0 Å². The molecule has 0 aromatic carbocycles. The van der Waals surface area contributed by atoms with Gasteiger partial charge in [-0.05, 0) is 21.0 Å². The molecule has 0 saturated heterocycles. The summed E-state index contributed by atoms with van der Waals surface area (Å²) >= 11 is 0. The zero-order valence-corrected chi connectivity index (χ0v) is 6.29. The number of hydrogen-bond acceptors (Lipinski definition) is 3. The lowest BCUT2D eigenvalue weighted by molar-refractivity contribution is 0.127. The molecule has 0 spiro atoms. The maximum atomic E-state index is 4.82. The average Bonchev–Trinajstić information content (AvgIpc) is 1.80. The second-order valence-electron chi connectivity index (χ2n) is 2.00. The lowest BCUT2D eigenvalue weighted by atomic mass is 10.6. The first kappa shape index (κ1) is 8.43. The van der Waals surface area contributed by atoms with E-state index in [0.717, 1.165) is 6.54 Å². The van der Waals surface area contributed by atoms with Gasteiger partial charge < -0.3 is 9.74 Å².